The summed E-state index contributed by atoms with van der Waals surface area (Å²) in [4.78, 5) is 30.6. The minimum atomic E-state index is -0.249. The molecule has 1 unspecified atom stereocenters. The molecule has 0 N–H and O–H groups in total. The van der Waals surface area contributed by atoms with Crippen molar-refractivity contribution in [2.75, 3.05) is 19.7 Å². The number of rotatable bonds is 6. The van der Waals surface area contributed by atoms with Crippen LogP contribution in [0.15, 0.2) is 34.1 Å². The van der Waals surface area contributed by atoms with Crippen LogP contribution in [0.25, 0.3) is 0 Å². The maximum atomic E-state index is 12.7. The first-order valence-corrected chi connectivity index (χ1v) is 9.71. The van der Waals surface area contributed by atoms with Gasteiger partial charge in [-0.2, -0.15) is 0 Å². The van der Waals surface area contributed by atoms with Crippen LogP contribution in [0.5, 0.6) is 0 Å². The van der Waals surface area contributed by atoms with Crippen molar-refractivity contribution in [3.8, 4) is 0 Å². The molecule has 3 heterocycles. The van der Waals surface area contributed by atoms with Crippen LogP contribution in [-0.4, -0.2) is 46.0 Å². The molecule has 8 heteroatoms. The van der Waals surface area contributed by atoms with E-state index >= 15 is 0 Å². The fourth-order valence-corrected chi connectivity index (χ4v) is 3.79. The zero-order valence-electron chi connectivity index (χ0n) is 15.0. The molecule has 0 radical (unpaired) electrons. The van der Waals surface area contributed by atoms with Crippen LogP contribution in [0.2, 0.25) is 0 Å². The molecular weight excluding hydrogens is 354 g/mol. The molecule has 1 atom stereocenters. The number of furan rings is 1. The number of carbonyl (C=O) groups is 2. The molecule has 1 aliphatic rings. The zero-order valence-corrected chi connectivity index (χ0v) is 15.8. The third-order valence-electron chi connectivity index (χ3n) is 4.32. The van der Waals surface area contributed by atoms with E-state index in [0.717, 1.165) is 23.8 Å². The Morgan fingerprint density at radius 2 is 2.27 bits per heavy atom. The van der Waals surface area contributed by atoms with Crippen LogP contribution < -0.4 is 0 Å². The lowest BCUT2D eigenvalue weighted by molar-refractivity contribution is -0.149. The highest BCUT2D eigenvalue weighted by atomic mass is 32.2. The summed E-state index contributed by atoms with van der Waals surface area (Å²) in [6, 6.07) is 3.51. The number of amides is 1. The Balaban J connectivity index is 1.58. The molecule has 7 nitrogen and oxygen atoms in total. The van der Waals surface area contributed by atoms with E-state index < -0.39 is 0 Å². The van der Waals surface area contributed by atoms with Gasteiger partial charge in [0.05, 0.1) is 18.3 Å². The summed E-state index contributed by atoms with van der Waals surface area (Å²) in [7, 11) is 1.93. The Hall–Kier alpha value is -2.22. The molecule has 26 heavy (non-hydrogen) atoms. The van der Waals surface area contributed by atoms with Gasteiger partial charge in [0.2, 0.25) is 0 Å². The van der Waals surface area contributed by atoms with E-state index in [1.54, 1.807) is 35.8 Å². The summed E-state index contributed by atoms with van der Waals surface area (Å²) >= 11 is 1.55. The third kappa shape index (κ3) is 4.30. The van der Waals surface area contributed by atoms with Crippen molar-refractivity contribution in [2.24, 2.45) is 13.0 Å². The minimum Gasteiger partial charge on any atom is -0.466 e. The molecule has 0 saturated carbocycles. The monoisotopic (exact) mass is 377 g/mol. The second-order valence-electron chi connectivity index (χ2n) is 6.22. The second kappa shape index (κ2) is 8.44. The highest BCUT2D eigenvalue weighted by Crippen LogP contribution is 2.24. The number of esters is 1. The van der Waals surface area contributed by atoms with E-state index in [1.807, 2.05) is 23.9 Å². The number of aromatic nitrogens is 2. The van der Waals surface area contributed by atoms with Gasteiger partial charge < -0.3 is 18.6 Å². The average molecular weight is 377 g/mol. The van der Waals surface area contributed by atoms with E-state index in [9.17, 15) is 9.59 Å². The van der Waals surface area contributed by atoms with Gasteiger partial charge in [-0.3, -0.25) is 9.59 Å². The Morgan fingerprint density at radius 1 is 1.42 bits per heavy atom. The molecular formula is C18H23N3O4S. The quantitative estimate of drug-likeness (QED) is 0.569. The van der Waals surface area contributed by atoms with Gasteiger partial charge in [-0.05, 0) is 31.9 Å². The normalized spacial score (nSPS) is 17.3. The number of nitrogens with zero attached hydrogens (tertiary/aromatic N) is 3. The summed E-state index contributed by atoms with van der Waals surface area (Å²) in [6.45, 7) is 3.16. The maximum absolute atomic E-state index is 12.7. The maximum Gasteiger partial charge on any atom is 0.310 e. The first kappa shape index (κ1) is 18.6. The van der Waals surface area contributed by atoms with Gasteiger partial charge in [0.25, 0.3) is 5.91 Å². The van der Waals surface area contributed by atoms with Crippen molar-refractivity contribution in [3.63, 3.8) is 0 Å². The fraction of sp³-hybridized carbons (Fsp3) is 0.500. The van der Waals surface area contributed by atoms with E-state index in [-0.39, 0.29) is 17.8 Å². The highest BCUT2D eigenvalue weighted by molar-refractivity contribution is 7.98. The molecule has 2 aromatic rings. The Kier molecular flexibility index (Phi) is 6.03. The number of thioether (sulfide) groups is 1. The number of piperidine rings is 1. The highest BCUT2D eigenvalue weighted by Gasteiger charge is 2.30. The van der Waals surface area contributed by atoms with Crippen LogP contribution in [0.1, 0.15) is 36.1 Å². The summed E-state index contributed by atoms with van der Waals surface area (Å²) in [6.07, 6.45) is 5.18. The van der Waals surface area contributed by atoms with Crippen LogP contribution in [0, 0.1) is 5.92 Å². The van der Waals surface area contributed by atoms with Crippen molar-refractivity contribution in [2.45, 2.75) is 30.7 Å². The van der Waals surface area contributed by atoms with Gasteiger partial charge >= 0.3 is 5.97 Å². The van der Waals surface area contributed by atoms with Crippen LogP contribution >= 0.6 is 11.8 Å². The van der Waals surface area contributed by atoms with Gasteiger partial charge in [0.1, 0.15) is 5.76 Å². The molecule has 140 valence electrons. The van der Waals surface area contributed by atoms with Crippen LogP contribution in [-0.2, 0) is 22.3 Å². The van der Waals surface area contributed by atoms with Gasteiger partial charge in [0.15, 0.2) is 10.9 Å². The lowest BCUT2D eigenvalue weighted by atomic mass is 9.98. The van der Waals surface area contributed by atoms with Crippen molar-refractivity contribution in [1.29, 1.82) is 0 Å². The van der Waals surface area contributed by atoms with Crippen LogP contribution in [0.3, 0.4) is 0 Å². The molecule has 0 aliphatic carbocycles. The third-order valence-corrected chi connectivity index (χ3v) is 5.40. The molecule has 1 fully saturated rings. The van der Waals surface area contributed by atoms with Crippen molar-refractivity contribution >= 4 is 23.6 Å². The molecule has 1 saturated heterocycles. The second-order valence-corrected chi connectivity index (χ2v) is 7.16. The Labute approximate surface area is 156 Å². The zero-order chi connectivity index (χ0) is 18.5. The average Bonchev–Trinajstić information content (AvgIpc) is 3.28. The topological polar surface area (TPSA) is 77.6 Å². The number of hydrogen-bond acceptors (Lipinski definition) is 6. The molecule has 0 bridgehead atoms. The number of carbonyl (C=O) groups excluding carboxylic acids is 2. The van der Waals surface area contributed by atoms with Gasteiger partial charge in [-0.25, -0.2) is 4.98 Å². The van der Waals surface area contributed by atoms with E-state index in [2.05, 4.69) is 4.98 Å². The minimum absolute atomic E-state index is 0.174. The summed E-state index contributed by atoms with van der Waals surface area (Å²) in [5.74, 6) is 0.985. The van der Waals surface area contributed by atoms with Crippen molar-refractivity contribution in [1.82, 2.24) is 14.5 Å². The predicted molar refractivity (Wildman–Crippen MR) is 96.7 cm³/mol. The molecule has 0 aromatic carbocycles. The number of hydrogen-bond donors (Lipinski definition) is 0. The van der Waals surface area contributed by atoms with E-state index in [0.29, 0.717) is 31.2 Å². The van der Waals surface area contributed by atoms with Gasteiger partial charge in [-0.1, -0.05) is 11.8 Å². The molecule has 2 aromatic heterocycles. The predicted octanol–water partition coefficient (Wildman–Crippen LogP) is 2.72. The molecule has 1 aliphatic heterocycles. The molecule has 0 spiro atoms. The summed E-state index contributed by atoms with van der Waals surface area (Å²) in [5, 5.41) is 0.891. The lowest BCUT2D eigenvalue weighted by Crippen LogP contribution is -2.42. The Bertz CT molecular complexity index is 770. The summed E-state index contributed by atoms with van der Waals surface area (Å²) in [5.41, 5.74) is 0. The summed E-state index contributed by atoms with van der Waals surface area (Å²) < 4.78 is 12.7. The molecule has 3 rings (SSSR count). The number of ether oxygens (including phenoxy) is 1. The van der Waals surface area contributed by atoms with E-state index in [1.165, 1.54) is 0 Å². The number of aryl methyl sites for hydroxylation is 1. The van der Waals surface area contributed by atoms with Crippen LogP contribution in [0.4, 0.5) is 0 Å². The van der Waals surface area contributed by atoms with Crippen molar-refractivity contribution in [3.05, 3.63) is 36.0 Å². The number of likely N-dealkylation sites (tertiary alicyclic amines) is 1. The van der Waals surface area contributed by atoms with Gasteiger partial charge in [-0.15, -0.1) is 0 Å². The van der Waals surface area contributed by atoms with Gasteiger partial charge in [0, 0.05) is 32.5 Å². The lowest BCUT2D eigenvalue weighted by Gasteiger charge is -2.30. The number of imidazole rings is 1. The standard InChI is InChI=1S/C18H23N3O4S/c1-3-24-17(23)13-5-4-9-21(11-13)16(22)15-7-6-14(25-15)12-26-18-19-8-10-20(18)2/h6-8,10,13H,3-5,9,11-12H2,1-2H3. The molecule has 1 amide bonds. The Morgan fingerprint density at radius 3 is 3.00 bits per heavy atom. The largest absolute Gasteiger partial charge is 0.466 e. The fourth-order valence-electron chi connectivity index (χ4n) is 2.97. The smallest absolute Gasteiger partial charge is 0.310 e. The SMILES string of the molecule is CCOC(=O)C1CCCN(C(=O)c2ccc(CSc3nccn3C)o2)C1. The first-order valence-electron chi connectivity index (χ1n) is 8.73. The van der Waals surface area contributed by atoms with E-state index in [4.69, 9.17) is 9.15 Å². The first-order chi connectivity index (χ1) is 12.6. The van der Waals surface area contributed by atoms with Crippen molar-refractivity contribution < 1.29 is 18.7 Å².